The molecular formula is C14H16BrN3O. The molecule has 1 heterocycles. The standard InChI is InChI=1S/C14H16BrN3O/c1-2-7-16-8-11-9-17-14(18-10-11)19-13-5-3-12(15)4-6-13/h3-6,9-10,16H,2,7-8H2,1H3. The summed E-state index contributed by atoms with van der Waals surface area (Å²) in [5.41, 5.74) is 1.05. The lowest BCUT2D eigenvalue weighted by Crippen LogP contribution is -2.14. The molecule has 0 unspecified atom stereocenters. The molecule has 2 aromatic rings. The van der Waals surface area contributed by atoms with E-state index in [9.17, 15) is 0 Å². The van der Waals surface area contributed by atoms with Crippen LogP contribution in [0, 0.1) is 0 Å². The fourth-order valence-corrected chi connectivity index (χ4v) is 1.77. The molecule has 0 aliphatic heterocycles. The van der Waals surface area contributed by atoms with Gasteiger partial charge in [0.2, 0.25) is 0 Å². The Morgan fingerprint density at radius 3 is 2.47 bits per heavy atom. The van der Waals surface area contributed by atoms with Gasteiger partial charge in [-0.2, -0.15) is 0 Å². The highest BCUT2D eigenvalue weighted by Crippen LogP contribution is 2.20. The Morgan fingerprint density at radius 2 is 1.84 bits per heavy atom. The van der Waals surface area contributed by atoms with Crippen LogP contribution in [0.5, 0.6) is 11.8 Å². The summed E-state index contributed by atoms with van der Waals surface area (Å²) in [6.07, 6.45) is 4.68. The Balaban J connectivity index is 1.92. The SMILES string of the molecule is CCCNCc1cnc(Oc2ccc(Br)cc2)nc1. The van der Waals surface area contributed by atoms with Gasteiger partial charge in [-0.15, -0.1) is 0 Å². The highest BCUT2D eigenvalue weighted by atomic mass is 79.9. The predicted molar refractivity (Wildman–Crippen MR) is 78.2 cm³/mol. The van der Waals surface area contributed by atoms with E-state index in [0.717, 1.165) is 35.3 Å². The molecule has 1 aromatic carbocycles. The smallest absolute Gasteiger partial charge is 0.321 e. The molecule has 4 nitrogen and oxygen atoms in total. The largest absolute Gasteiger partial charge is 0.424 e. The average Bonchev–Trinajstić information content (AvgIpc) is 2.44. The second-order valence-corrected chi connectivity index (χ2v) is 5.02. The van der Waals surface area contributed by atoms with Crippen LogP contribution in [-0.4, -0.2) is 16.5 Å². The fourth-order valence-electron chi connectivity index (χ4n) is 1.50. The Morgan fingerprint density at radius 1 is 1.16 bits per heavy atom. The normalized spacial score (nSPS) is 10.4. The molecule has 19 heavy (non-hydrogen) atoms. The molecule has 0 aliphatic rings. The maximum Gasteiger partial charge on any atom is 0.321 e. The Bertz CT molecular complexity index is 499. The van der Waals surface area contributed by atoms with Gasteiger partial charge in [-0.1, -0.05) is 22.9 Å². The van der Waals surface area contributed by atoms with Gasteiger partial charge in [0, 0.05) is 29.0 Å². The number of aromatic nitrogens is 2. The van der Waals surface area contributed by atoms with E-state index in [0.29, 0.717) is 6.01 Å². The second kappa shape index (κ2) is 7.21. The van der Waals surface area contributed by atoms with Gasteiger partial charge in [-0.25, -0.2) is 9.97 Å². The highest BCUT2D eigenvalue weighted by Gasteiger charge is 2.01. The molecule has 5 heteroatoms. The van der Waals surface area contributed by atoms with Crippen molar-refractivity contribution in [1.82, 2.24) is 15.3 Å². The molecule has 0 aliphatic carbocycles. The minimum Gasteiger partial charge on any atom is -0.424 e. The lowest BCUT2D eigenvalue weighted by molar-refractivity contribution is 0.440. The van der Waals surface area contributed by atoms with E-state index in [1.54, 1.807) is 12.4 Å². The molecular weight excluding hydrogens is 306 g/mol. The zero-order valence-corrected chi connectivity index (χ0v) is 12.4. The van der Waals surface area contributed by atoms with Crippen molar-refractivity contribution >= 4 is 15.9 Å². The molecule has 1 N–H and O–H groups in total. The summed E-state index contributed by atoms with van der Waals surface area (Å²) in [6.45, 7) is 3.92. The topological polar surface area (TPSA) is 47.0 Å². The van der Waals surface area contributed by atoms with Crippen molar-refractivity contribution in [2.24, 2.45) is 0 Å². The van der Waals surface area contributed by atoms with Crippen LogP contribution in [0.25, 0.3) is 0 Å². The molecule has 0 amide bonds. The van der Waals surface area contributed by atoms with Gasteiger partial charge < -0.3 is 10.1 Å². The molecule has 0 fully saturated rings. The average molecular weight is 322 g/mol. The van der Waals surface area contributed by atoms with Crippen LogP contribution >= 0.6 is 15.9 Å². The van der Waals surface area contributed by atoms with Crippen LogP contribution in [0.3, 0.4) is 0 Å². The van der Waals surface area contributed by atoms with E-state index in [1.165, 1.54) is 0 Å². The number of nitrogens with zero attached hydrogens (tertiary/aromatic N) is 2. The number of nitrogens with one attached hydrogen (secondary N) is 1. The van der Waals surface area contributed by atoms with Crippen LogP contribution in [0.4, 0.5) is 0 Å². The zero-order valence-electron chi connectivity index (χ0n) is 10.8. The van der Waals surface area contributed by atoms with E-state index in [2.05, 4.69) is 38.1 Å². The highest BCUT2D eigenvalue weighted by molar-refractivity contribution is 9.10. The van der Waals surface area contributed by atoms with E-state index in [-0.39, 0.29) is 0 Å². The Kier molecular flexibility index (Phi) is 5.30. The number of halogens is 1. The fraction of sp³-hybridized carbons (Fsp3) is 0.286. The third kappa shape index (κ3) is 4.61. The van der Waals surface area contributed by atoms with Gasteiger partial charge in [0.15, 0.2) is 0 Å². The van der Waals surface area contributed by atoms with Crippen LogP contribution in [0.2, 0.25) is 0 Å². The second-order valence-electron chi connectivity index (χ2n) is 4.11. The molecule has 0 atom stereocenters. The summed E-state index contributed by atoms with van der Waals surface area (Å²) in [7, 11) is 0. The van der Waals surface area contributed by atoms with Gasteiger partial charge in [-0.3, -0.25) is 0 Å². The first-order valence-corrected chi connectivity index (χ1v) is 7.02. The number of benzene rings is 1. The van der Waals surface area contributed by atoms with Crippen molar-refractivity contribution in [2.75, 3.05) is 6.54 Å². The van der Waals surface area contributed by atoms with Gasteiger partial charge in [0.25, 0.3) is 0 Å². The minimum absolute atomic E-state index is 0.363. The first kappa shape index (κ1) is 14.0. The molecule has 100 valence electrons. The Labute approximate surface area is 121 Å². The number of rotatable bonds is 6. The summed E-state index contributed by atoms with van der Waals surface area (Å²) in [5, 5.41) is 3.30. The van der Waals surface area contributed by atoms with Crippen molar-refractivity contribution in [3.63, 3.8) is 0 Å². The van der Waals surface area contributed by atoms with E-state index in [1.807, 2.05) is 24.3 Å². The number of hydrogen-bond acceptors (Lipinski definition) is 4. The third-order valence-corrected chi connectivity index (χ3v) is 2.99. The van der Waals surface area contributed by atoms with Crippen molar-refractivity contribution in [3.05, 3.63) is 46.7 Å². The lowest BCUT2D eigenvalue weighted by atomic mass is 10.3. The van der Waals surface area contributed by atoms with Crippen LogP contribution < -0.4 is 10.1 Å². The van der Waals surface area contributed by atoms with Crippen LogP contribution in [0.1, 0.15) is 18.9 Å². The monoisotopic (exact) mass is 321 g/mol. The van der Waals surface area contributed by atoms with Crippen molar-refractivity contribution in [1.29, 1.82) is 0 Å². The molecule has 0 radical (unpaired) electrons. The third-order valence-electron chi connectivity index (χ3n) is 2.46. The maximum atomic E-state index is 5.55. The van der Waals surface area contributed by atoms with Crippen molar-refractivity contribution < 1.29 is 4.74 Å². The van der Waals surface area contributed by atoms with Crippen LogP contribution in [-0.2, 0) is 6.54 Å². The minimum atomic E-state index is 0.363. The Hall–Kier alpha value is -1.46. The maximum absolute atomic E-state index is 5.55. The van der Waals surface area contributed by atoms with Gasteiger partial charge in [0.05, 0.1) is 0 Å². The quantitative estimate of drug-likeness (QED) is 0.827. The summed E-state index contributed by atoms with van der Waals surface area (Å²) >= 11 is 3.38. The molecule has 0 saturated heterocycles. The summed E-state index contributed by atoms with van der Waals surface area (Å²) in [5.74, 6) is 0.722. The van der Waals surface area contributed by atoms with E-state index in [4.69, 9.17) is 4.74 Å². The van der Waals surface area contributed by atoms with Gasteiger partial charge >= 0.3 is 6.01 Å². The number of hydrogen-bond donors (Lipinski definition) is 1. The lowest BCUT2D eigenvalue weighted by Gasteiger charge is -2.05. The molecule has 0 bridgehead atoms. The van der Waals surface area contributed by atoms with Gasteiger partial charge in [-0.05, 0) is 37.2 Å². The summed E-state index contributed by atoms with van der Waals surface area (Å²) < 4.78 is 6.56. The van der Waals surface area contributed by atoms with Crippen molar-refractivity contribution in [3.8, 4) is 11.8 Å². The van der Waals surface area contributed by atoms with Crippen molar-refractivity contribution in [2.45, 2.75) is 19.9 Å². The zero-order chi connectivity index (χ0) is 13.5. The predicted octanol–water partition coefficient (Wildman–Crippen LogP) is 3.53. The number of ether oxygens (including phenoxy) is 1. The van der Waals surface area contributed by atoms with E-state index < -0.39 is 0 Å². The molecule has 1 aromatic heterocycles. The summed E-state index contributed by atoms with van der Waals surface area (Å²) in [4.78, 5) is 8.38. The summed E-state index contributed by atoms with van der Waals surface area (Å²) in [6, 6.07) is 7.92. The first-order chi connectivity index (χ1) is 9.28. The van der Waals surface area contributed by atoms with Gasteiger partial charge in [0.1, 0.15) is 5.75 Å². The molecule has 0 spiro atoms. The first-order valence-electron chi connectivity index (χ1n) is 6.23. The molecule has 0 saturated carbocycles. The van der Waals surface area contributed by atoms with E-state index >= 15 is 0 Å². The van der Waals surface area contributed by atoms with Crippen LogP contribution in [0.15, 0.2) is 41.1 Å². The molecule has 2 rings (SSSR count).